The molecule has 2 aromatic carbocycles. The van der Waals surface area contributed by atoms with Crippen molar-refractivity contribution < 1.29 is 4.79 Å². The molecule has 5 heteroatoms. The van der Waals surface area contributed by atoms with Crippen molar-refractivity contribution in [2.24, 2.45) is 0 Å². The quantitative estimate of drug-likeness (QED) is 0.736. The maximum absolute atomic E-state index is 12.0. The molecule has 0 atom stereocenters. The van der Waals surface area contributed by atoms with Gasteiger partial charge in [0.05, 0.1) is 11.6 Å². The van der Waals surface area contributed by atoms with Gasteiger partial charge in [0, 0.05) is 17.1 Å². The Bertz CT molecular complexity index is 714. The molecule has 2 amide bonds. The van der Waals surface area contributed by atoms with Crippen LogP contribution in [0.5, 0.6) is 0 Å². The lowest BCUT2D eigenvalue weighted by Gasteiger charge is -2.12. The van der Waals surface area contributed by atoms with Crippen molar-refractivity contribution in [2.75, 3.05) is 16.4 Å². The number of carbonyl (C=O) groups is 1. The third-order valence-corrected chi connectivity index (χ3v) is 3.13. The number of anilines is 3. The minimum atomic E-state index is -0.355. The first-order valence-corrected chi connectivity index (χ1v) is 6.44. The van der Waals surface area contributed by atoms with Crippen molar-refractivity contribution >= 4 is 23.1 Å². The van der Waals surface area contributed by atoms with Gasteiger partial charge in [0.1, 0.15) is 0 Å². The lowest BCUT2D eigenvalue weighted by molar-refractivity contribution is 0.262. The third kappa shape index (κ3) is 3.51. The van der Waals surface area contributed by atoms with E-state index in [1.807, 2.05) is 26.0 Å². The fourth-order valence-corrected chi connectivity index (χ4v) is 1.92. The Morgan fingerprint density at radius 3 is 2.38 bits per heavy atom. The number of nitriles is 1. The van der Waals surface area contributed by atoms with E-state index in [0.717, 1.165) is 11.1 Å². The van der Waals surface area contributed by atoms with Gasteiger partial charge in [-0.25, -0.2) is 4.79 Å². The third-order valence-electron chi connectivity index (χ3n) is 3.13. The first-order chi connectivity index (χ1) is 9.99. The highest BCUT2D eigenvalue weighted by Gasteiger charge is 2.07. The Labute approximate surface area is 123 Å². The number of amides is 2. The van der Waals surface area contributed by atoms with Gasteiger partial charge in [0.2, 0.25) is 0 Å². The number of rotatable bonds is 2. The molecule has 0 unspecified atom stereocenters. The van der Waals surface area contributed by atoms with E-state index in [1.165, 1.54) is 0 Å². The number of benzene rings is 2. The van der Waals surface area contributed by atoms with Gasteiger partial charge in [-0.3, -0.25) is 0 Å². The molecular weight excluding hydrogens is 264 g/mol. The first-order valence-electron chi connectivity index (χ1n) is 6.44. The summed E-state index contributed by atoms with van der Waals surface area (Å²) in [5.41, 5.74) is 10.2. The summed E-state index contributed by atoms with van der Waals surface area (Å²) in [6.45, 7) is 3.83. The fourth-order valence-electron chi connectivity index (χ4n) is 1.92. The van der Waals surface area contributed by atoms with E-state index < -0.39 is 0 Å². The summed E-state index contributed by atoms with van der Waals surface area (Å²) in [6, 6.07) is 12.0. The van der Waals surface area contributed by atoms with Gasteiger partial charge in [-0.15, -0.1) is 0 Å². The number of hydrogen-bond donors (Lipinski definition) is 3. The predicted molar refractivity (Wildman–Crippen MR) is 84.1 cm³/mol. The Kier molecular flexibility index (Phi) is 4.10. The van der Waals surface area contributed by atoms with E-state index >= 15 is 0 Å². The Hall–Kier alpha value is -3.00. The van der Waals surface area contributed by atoms with Gasteiger partial charge in [-0.2, -0.15) is 5.26 Å². The highest BCUT2D eigenvalue weighted by Crippen LogP contribution is 2.22. The number of nitrogen functional groups attached to an aromatic ring is 1. The van der Waals surface area contributed by atoms with Crippen molar-refractivity contribution in [3.8, 4) is 6.07 Å². The van der Waals surface area contributed by atoms with E-state index in [1.54, 1.807) is 30.3 Å². The van der Waals surface area contributed by atoms with Crippen LogP contribution in [0.2, 0.25) is 0 Å². The SMILES string of the molecule is Cc1cc(C)c(NC(=O)Nc2ccc(C#N)cc2)cc1N. The maximum Gasteiger partial charge on any atom is 0.323 e. The largest absolute Gasteiger partial charge is 0.398 e. The molecule has 0 saturated carbocycles. The van der Waals surface area contributed by atoms with E-state index in [2.05, 4.69) is 10.6 Å². The van der Waals surface area contributed by atoms with Gasteiger partial charge in [-0.05, 0) is 55.3 Å². The fraction of sp³-hybridized carbons (Fsp3) is 0.125. The predicted octanol–water partition coefficient (Wildman–Crippen LogP) is 3.40. The molecular formula is C16H16N4O. The van der Waals surface area contributed by atoms with Crippen LogP contribution in [-0.4, -0.2) is 6.03 Å². The van der Waals surface area contributed by atoms with Crippen LogP contribution in [0.15, 0.2) is 36.4 Å². The average Bonchev–Trinajstić information content (AvgIpc) is 2.45. The van der Waals surface area contributed by atoms with Crippen molar-refractivity contribution in [3.63, 3.8) is 0 Å². The highest BCUT2D eigenvalue weighted by atomic mass is 16.2. The number of carbonyl (C=O) groups excluding carboxylic acids is 1. The molecule has 0 spiro atoms. The molecule has 0 aromatic heterocycles. The van der Waals surface area contributed by atoms with E-state index in [4.69, 9.17) is 11.0 Å². The Morgan fingerprint density at radius 1 is 1.10 bits per heavy atom. The number of aryl methyl sites for hydroxylation is 2. The molecule has 0 radical (unpaired) electrons. The Balaban J connectivity index is 2.08. The molecule has 0 bridgehead atoms. The normalized spacial score (nSPS) is 9.76. The summed E-state index contributed by atoms with van der Waals surface area (Å²) in [7, 11) is 0. The van der Waals surface area contributed by atoms with Gasteiger partial charge in [0.15, 0.2) is 0 Å². The molecule has 0 heterocycles. The monoisotopic (exact) mass is 280 g/mol. The second kappa shape index (κ2) is 5.97. The van der Waals surface area contributed by atoms with Gasteiger partial charge >= 0.3 is 6.03 Å². The van der Waals surface area contributed by atoms with Crippen LogP contribution in [0.25, 0.3) is 0 Å². The minimum Gasteiger partial charge on any atom is -0.398 e. The molecule has 0 aliphatic carbocycles. The number of nitrogens with two attached hydrogens (primary N) is 1. The van der Waals surface area contributed by atoms with Gasteiger partial charge in [0.25, 0.3) is 0 Å². The van der Waals surface area contributed by atoms with Crippen molar-refractivity contribution in [1.82, 2.24) is 0 Å². The molecule has 0 aliphatic heterocycles. The number of nitrogens with zero attached hydrogens (tertiary/aromatic N) is 1. The first kappa shape index (κ1) is 14.4. The van der Waals surface area contributed by atoms with E-state index in [-0.39, 0.29) is 6.03 Å². The zero-order valence-electron chi connectivity index (χ0n) is 11.9. The van der Waals surface area contributed by atoms with Crippen molar-refractivity contribution in [1.29, 1.82) is 5.26 Å². The highest BCUT2D eigenvalue weighted by molar-refractivity contribution is 6.00. The van der Waals surface area contributed by atoms with Crippen LogP contribution in [-0.2, 0) is 0 Å². The molecule has 106 valence electrons. The van der Waals surface area contributed by atoms with Crippen LogP contribution < -0.4 is 16.4 Å². The molecule has 2 aromatic rings. The number of hydrogen-bond acceptors (Lipinski definition) is 3. The second-order valence-corrected chi connectivity index (χ2v) is 4.79. The lowest BCUT2D eigenvalue weighted by Crippen LogP contribution is -2.20. The molecule has 0 aliphatic rings. The summed E-state index contributed by atoms with van der Waals surface area (Å²) in [4.78, 5) is 12.0. The zero-order chi connectivity index (χ0) is 15.4. The number of nitrogens with one attached hydrogen (secondary N) is 2. The summed E-state index contributed by atoms with van der Waals surface area (Å²) >= 11 is 0. The van der Waals surface area contributed by atoms with E-state index in [9.17, 15) is 4.79 Å². The summed E-state index contributed by atoms with van der Waals surface area (Å²) in [6.07, 6.45) is 0. The molecule has 2 rings (SSSR count). The van der Waals surface area contributed by atoms with Crippen LogP contribution in [0.4, 0.5) is 21.9 Å². The maximum atomic E-state index is 12.0. The summed E-state index contributed by atoms with van der Waals surface area (Å²) in [5.74, 6) is 0. The Morgan fingerprint density at radius 2 is 1.76 bits per heavy atom. The molecule has 0 fully saturated rings. The van der Waals surface area contributed by atoms with Crippen molar-refractivity contribution in [3.05, 3.63) is 53.1 Å². The van der Waals surface area contributed by atoms with Gasteiger partial charge in [-0.1, -0.05) is 6.07 Å². The van der Waals surface area contributed by atoms with Crippen LogP contribution in [0, 0.1) is 25.2 Å². The minimum absolute atomic E-state index is 0.355. The van der Waals surface area contributed by atoms with Crippen LogP contribution >= 0.6 is 0 Å². The molecule has 0 saturated heterocycles. The summed E-state index contributed by atoms with van der Waals surface area (Å²) in [5, 5.41) is 14.2. The standard InChI is InChI=1S/C16H16N4O/c1-10-7-11(2)15(8-14(10)18)20-16(21)19-13-5-3-12(9-17)4-6-13/h3-8H,18H2,1-2H3,(H2,19,20,21). The average molecular weight is 280 g/mol. The molecule has 4 N–H and O–H groups in total. The van der Waals surface area contributed by atoms with E-state index in [0.29, 0.717) is 22.6 Å². The van der Waals surface area contributed by atoms with Crippen molar-refractivity contribution in [2.45, 2.75) is 13.8 Å². The lowest BCUT2D eigenvalue weighted by atomic mass is 10.1. The van der Waals surface area contributed by atoms with Crippen LogP contribution in [0.3, 0.4) is 0 Å². The van der Waals surface area contributed by atoms with Gasteiger partial charge < -0.3 is 16.4 Å². The topological polar surface area (TPSA) is 90.9 Å². The molecule has 21 heavy (non-hydrogen) atoms. The molecule has 5 nitrogen and oxygen atoms in total. The second-order valence-electron chi connectivity index (χ2n) is 4.79. The smallest absolute Gasteiger partial charge is 0.323 e. The number of urea groups is 1. The summed E-state index contributed by atoms with van der Waals surface area (Å²) < 4.78 is 0. The zero-order valence-corrected chi connectivity index (χ0v) is 11.9. The van der Waals surface area contributed by atoms with Crippen LogP contribution in [0.1, 0.15) is 16.7 Å².